The molecule has 1 unspecified atom stereocenters. The third-order valence-electron chi connectivity index (χ3n) is 3.06. The predicted molar refractivity (Wildman–Crippen MR) is 66.7 cm³/mol. The Morgan fingerprint density at radius 2 is 2.18 bits per heavy atom. The first kappa shape index (κ1) is 11.9. The summed E-state index contributed by atoms with van der Waals surface area (Å²) in [6.45, 7) is 3.94. The van der Waals surface area contributed by atoms with Crippen LogP contribution in [0.15, 0.2) is 18.3 Å². The number of rotatable bonds is 2. The maximum atomic E-state index is 11.6. The minimum absolute atomic E-state index is 0.0572. The Morgan fingerprint density at radius 3 is 2.71 bits per heavy atom. The number of piperazine rings is 1. The minimum Gasteiger partial charge on any atom is -0.359 e. The molecule has 1 aliphatic rings. The normalized spacial score (nSPS) is 18.4. The summed E-state index contributed by atoms with van der Waals surface area (Å²) in [6, 6.07) is 3.84. The second-order valence-electron chi connectivity index (χ2n) is 4.47. The van der Waals surface area contributed by atoms with Gasteiger partial charge in [-0.1, -0.05) is 0 Å². The van der Waals surface area contributed by atoms with Crippen LogP contribution >= 0.6 is 0 Å². The number of hydrogen-bond donors (Lipinski definition) is 1. The highest BCUT2D eigenvalue weighted by Gasteiger charge is 2.21. The van der Waals surface area contributed by atoms with E-state index >= 15 is 0 Å². The van der Waals surface area contributed by atoms with E-state index in [-0.39, 0.29) is 11.9 Å². The van der Waals surface area contributed by atoms with E-state index in [4.69, 9.17) is 5.73 Å². The molecule has 0 saturated carbocycles. The van der Waals surface area contributed by atoms with Gasteiger partial charge in [0.1, 0.15) is 0 Å². The largest absolute Gasteiger partial charge is 0.359 e. The van der Waals surface area contributed by atoms with Gasteiger partial charge in [0.2, 0.25) is 5.91 Å². The highest BCUT2D eigenvalue weighted by molar-refractivity contribution is 5.82. The number of nitrogens with zero attached hydrogens (tertiary/aromatic N) is 3. The van der Waals surface area contributed by atoms with Gasteiger partial charge in [0.25, 0.3) is 0 Å². The average Bonchev–Trinajstić information content (AvgIpc) is 2.33. The maximum absolute atomic E-state index is 11.6. The minimum atomic E-state index is -0.0572. The molecule has 1 fully saturated rings. The van der Waals surface area contributed by atoms with Crippen molar-refractivity contribution < 1.29 is 4.79 Å². The van der Waals surface area contributed by atoms with Crippen molar-refractivity contribution in [2.75, 3.05) is 31.6 Å². The molecule has 2 heterocycles. The molecule has 5 nitrogen and oxygen atoms in total. The molecule has 5 heteroatoms. The van der Waals surface area contributed by atoms with E-state index in [1.54, 1.807) is 11.1 Å². The second kappa shape index (κ2) is 4.71. The van der Waals surface area contributed by atoms with E-state index in [0.717, 1.165) is 24.5 Å². The number of hydrogen-bond acceptors (Lipinski definition) is 4. The predicted octanol–water partition coefficient (Wildman–Crippen LogP) is 0.380. The van der Waals surface area contributed by atoms with E-state index in [9.17, 15) is 4.79 Å². The smallest absolute Gasteiger partial charge is 0.241 e. The fraction of sp³-hybridized carbons (Fsp3) is 0.500. The topological polar surface area (TPSA) is 62.5 Å². The molecular formula is C12H18N4O. The number of anilines is 1. The Kier molecular flexibility index (Phi) is 3.28. The average molecular weight is 234 g/mol. The molecule has 1 aromatic rings. The van der Waals surface area contributed by atoms with Crippen LogP contribution in [0, 0.1) is 0 Å². The van der Waals surface area contributed by atoms with Crippen LogP contribution in [0.1, 0.15) is 18.7 Å². The molecule has 0 aromatic carbocycles. The summed E-state index contributed by atoms with van der Waals surface area (Å²) in [7, 11) is 1.83. The lowest BCUT2D eigenvalue weighted by Gasteiger charge is -2.33. The fourth-order valence-electron chi connectivity index (χ4n) is 1.83. The van der Waals surface area contributed by atoms with Gasteiger partial charge in [-0.3, -0.25) is 9.78 Å². The molecule has 2 N–H and O–H groups in total. The molecule has 0 spiro atoms. The number of aromatic nitrogens is 1. The van der Waals surface area contributed by atoms with Crippen LogP contribution in [0.4, 0.5) is 5.69 Å². The SMILES string of the molecule is CC(N)c1ccc(N2CCN(C)C(=O)C2)cn1. The fourth-order valence-corrected chi connectivity index (χ4v) is 1.83. The number of nitrogens with two attached hydrogens (primary N) is 1. The molecule has 1 saturated heterocycles. The van der Waals surface area contributed by atoms with Gasteiger partial charge in [0, 0.05) is 26.2 Å². The van der Waals surface area contributed by atoms with Crippen molar-refractivity contribution in [1.82, 2.24) is 9.88 Å². The van der Waals surface area contributed by atoms with Crippen LogP contribution in [0.5, 0.6) is 0 Å². The molecule has 1 aliphatic heterocycles. The molecule has 1 atom stereocenters. The highest BCUT2D eigenvalue weighted by atomic mass is 16.2. The zero-order valence-corrected chi connectivity index (χ0v) is 10.3. The van der Waals surface area contributed by atoms with Crippen LogP contribution in [0.2, 0.25) is 0 Å². The van der Waals surface area contributed by atoms with Crippen molar-refractivity contribution in [3.8, 4) is 0 Å². The Hall–Kier alpha value is -1.62. The van der Waals surface area contributed by atoms with E-state index in [0.29, 0.717) is 6.54 Å². The quantitative estimate of drug-likeness (QED) is 0.803. The van der Waals surface area contributed by atoms with Gasteiger partial charge in [0.05, 0.1) is 24.1 Å². The first-order chi connectivity index (χ1) is 8.08. The monoisotopic (exact) mass is 234 g/mol. The third-order valence-corrected chi connectivity index (χ3v) is 3.06. The number of amides is 1. The van der Waals surface area contributed by atoms with Gasteiger partial charge in [-0.15, -0.1) is 0 Å². The summed E-state index contributed by atoms with van der Waals surface area (Å²) in [4.78, 5) is 19.7. The van der Waals surface area contributed by atoms with Crippen molar-refractivity contribution in [2.45, 2.75) is 13.0 Å². The molecule has 0 bridgehead atoms. The van der Waals surface area contributed by atoms with Crippen LogP contribution in [0.25, 0.3) is 0 Å². The number of carbonyl (C=O) groups is 1. The first-order valence-corrected chi connectivity index (χ1v) is 5.78. The van der Waals surface area contributed by atoms with Crippen LogP contribution in [-0.4, -0.2) is 42.5 Å². The summed E-state index contributed by atoms with van der Waals surface area (Å²) in [5, 5.41) is 0. The van der Waals surface area contributed by atoms with Crippen molar-refractivity contribution in [2.24, 2.45) is 5.73 Å². The molecule has 1 aromatic heterocycles. The summed E-state index contributed by atoms with van der Waals surface area (Å²) >= 11 is 0. The standard InChI is InChI=1S/C12H18N4O/c1-9(13)11-4-3-10(7-14-11)16-6-5-15(2)12(17)8-16/h3-4,7,9H,5-6,8,13H2,1-2H3. The van der Waals surface area contributed by atoms with Gasteiger partial charge in [-0.25, -0.2) is 0 Å². The zero-order chi connectivity index (χ0) is 12.4. The van der Waals surface area contributed by atoms with Gasteiger partial charge in [-0.05, 0) is 19.1 Å². The van der Waals surface area contributed by atoms with E-state index in [1.165, 1.54) is 0 Å². The molecule has 17 heavy (non-hydrogen) atoms. The zero-order valence-electron chi connectivity index (χ0n) is 10.3. The van der Waals surface area contributed by atoms with Gasteiger partial charge >= 0.3 is 0 Å². The lowest BCUT2D eigenvalue weighted by molar-refractivity contribution is -0.129. The second-order valence-corrected chi connectivity index (χ2v) is 4.47. The Balaban J connectivity index is 2.10. The number of carbonyl (C=O) groups excluding carboxylic acids is 1. The molecule has 92 valence electrons. The van der Waals surface area contributed by atoms with Gasteiger partial charge in [0.15, 0.2) is 0 Å². The van der Waals surface area contributed by atoms with Crippen molar-refractivity contribution in [3.63, 3.8) is 0 Å². The molecule has 1 amide bonds. The summed E-state index contributed by atoms with van der Waals surface area (Å²) in [6.07, 6.45) is 1.79. The first-order valence-electron chi connectivity index (χ1n) is 5.78. The Morgan fingerprint density at radius 1 is 1.41 bits per heavy atom. The highest BCUT2D eigenvalue weighted by Crippen LogP contribution is 2.17. The number of pyridine rings is 1. The summed E-state index contributed by atoms with van der Waals surface area (Å²) in [5.41, 5.74) is 7.60. The summed E-state index contributed by atoms with van der Waals surface area (Å²) in [5.74, 6) is 0.146. The molecular weight excluding hydrogens is 216 g/mol. The van der Waals surface area contributed by atoms with E-state index in [2.05, 4.69) is 4.98 Å². The maximum Gasteiger partial charge on any atom is 0.241 e. The Labute approximate surface area is 101 Å². The van der Waals surface area contributed by atoms with E-state index < -0.39 is 0 Å². The van der Waals surface area contributed by atoms with Gasteiger partial charge in [-0.2, -0.15) is 0 Å². The van der Waals surface area contributed by atoms with Crippen molar-refractivity contribution in [3.05, 3.63) is 24.0 Å². The number of likely N-dealkylation sites (N-methyl/N-ethyl adjacent to an activating group) is 1. The third kappa shape index (κ3) is 2.55. The van der Waals surface area contributed by atoms with Crippen molar-refractivity contribution >= 4 is 11.6 Å². The molecule has 0 radical (unpaired) electrons. The summed E-state index contributed by atoms with van der Waals surface area (Å²) < 4.78 is 0. The molecule has 2 rings (SSSR count). The Bertz CT molecular complexity index is 401. The van der Waals surface area contributed by atoms with Crippen molar-refractivity contribution in [1.29, 1.82) is 0 Å². The van der Waals surface area contributed by atoms with Crippen LogP contribution in [-0.2, 0) is 4.79 Å². The van der Waals surface area contributed by atoms with Crippen LogP contribution in [0.3, 0.4) is 0 Å². The van der Waals surface area contributed by atoms with Gasteiger partial charge < -0.3 is 15.5 Å². The van der Waals surface area contributed by atoms with Crippen LogP contribution < -0.4 is 10.6 Å². The lowest BCUT2D eigenvalue weighted by Crippen LogP contribution is -2.48. The lowest BCUT2D eigenvalue weighted by atomic mass is 10.2. The molecule has 0 aliphatic carbocycles. The van der Waals surface area contributed by atoms with E-state index in [1.807, 2.05) is 31.0 Å².